The third kappa shape index (κ3) is 9.86. The van der Waals surface area contributed by atoms with Crippen molar-refractivity contribution in [3.63, 3.8) is 0 Å². The molecule has 0 radical (unpaired) electrons. The molecule has 0 heterocycles. The monoisotopic (exact) mass is 552 g/mol. The predicted octanol–water partition coefficient (Wildman–Crippen LogP) is 3.30. The zero-order chi connectivity index (χ0) is 22.6. The molecule has 0 bridgehead atoms. The van der Waals surface area contributed by atoms with E-state index in [9.17, 15) is 4.79 Å². The molecular formula is C24H37IN6O. The maximum absolute atomic E-state index is 12.0. The summed E-state index contributed by atoms with van der Waals surface area (Å²) in [7, 11) is 5.52. The van der Waals surface area contributed by atoms with Crippen LogP contribution in [0.1, 0.15) is 18.1 Å². The molecule has 2 rings (SSSR count). The number of hydrogen-bond acceptors (Lipinski definition) is 4. The van der Waals surface area contributed by atoms with Gasteiger partial charge in [-0.1, -0.05) is 24.3 Å². The number of benzene rings is 2. The average molecular weight is 553 g/mol. The van der Waals surface area contributed by atoms with Crippen molar-refractivity contribution in [1.82, 2.24) is 15.5 Å². The number of guanidine groups is 1. The number of carbonyl (C=O) groups excluding carboxylic acids is 1. The fourth-order valence-corrected chi connectivity index (χ4v) is 3.26. The highest BCUT2D eigenvalue weighted by Crippen LogP contribution is 2.15. The number of rotatable bonds is 10. The van der Waals surface area contributed by atoms with Gasteiger partial charge in [0.1, 0.15) is 0 Å². The fraction of sp³-hybridized carbons (Fsp3) is 0.417. The number of anilines is 2. The Kier molecular flexibility index (Phi) is 12.7. The Balaban J connectivity index is 0.00000512. The largest absolute Gasteiger partial charge is 0.370 e. The first kappa shape index (κ1) is 27.7. The summed E-state index contributed by atoms with van der Waals surface area (Å²) in [6, 6.07) is 16.4. The van der Waals surface area contributed by atoms with Gasteiger partial charge in [-0.05, 0) is 63.3 Å². The molecule has 0 atom stereocenters. The number of carbonyl (C=O) groups is 1. The zero-order valence-corrected chi connectivity index (χ0v) is 22.1. The Labute approximate surface area is 209 Å². The molecule has 0 saturated carbocycles. The van der Waals surface area contributed by atoms with Crippen LogP contribution in [0.4, 0.5) is 11.4 Å². The molecule has 0 fully saturated rings. The van der Waals surface area contributed by atoms with Gasteiger partial charge < -0.3 is 25.8 Å². The lowest BCUT2D eigenvalue weighted by atomic mass is 10.2. The molecule has 8 heteroatoms. The van der Waals surface area contributed by atoms with E-state index in [0.717, 1.165) is 36.8 Å². The van der Waals surface area contributed by atoms with Crippen LogP contribution in [0.3, 0.4) is 0 Å². The molecule has 7 nitrogen and oxygen atoms in total. The van der Waals surface area contributed by atoms with E-state index in [1.807, 2.05) is 43.3 Å². The molecule has 0 aliphatic heterocycles. The van der Waals surface area contributed by atoms with E-state index in [1.54, 1.807) is 7.05 Å². The summed E-state index contributed by atoms with van der Waals surface area (Å²) in [5.41, 5.74) is 4.37. The fourth-order valence-electron chi connectivity index (χ4n) is 3.26. The lowest BCUT2D eigenvalue weighted by Gasteiger charge is -2.24. The third-order valence-corrected chi connectivity index (χ3v) is 4.78. The average Bonchev–Trinajstić information content (AvgIpc) is 2.73. The van der Waals surface area contributed by atoms with E-state index in [1.165, 1.54) is 11.3 Å². The summed E-state index contributed by atoms with van der Waals surface area (Å²) >= 11 is 0. The number of likely N-dealkylation sites (N-methyl/N-ethyl adjacent to an activating group) is 2. The normalized spacial score (nSPS) is 11.0. The van der Waals surface area contributed by atoms with E-state index in [0.29, 0.717) is 13.1 Å². The van der Waals surface area contributed by atoms with Crippen LogP contribution in [0.2, 0.25) is 0 Å². The van der Waals surface area contributed by atoms with Crippen molar-refractivity contribution in [2.75, 3.05) is 57.5 Å². The smallest absolute Gasteiger partial charge is 0.238 e. The molecule has 2 aromatic rings. The SMILES string of the molecule is CCN(CCNC(=NC)NCc1cccc(NC(=O)CN(C)C)c1)c1cccc(C)c1.I. The van der Waals surface area contributed by atoms with Crippen LogP contribution in [0.25, 0.3) is 0 Å². The summed E-state index contributed by atoms with van der Waals surface area (Å²) < 4.78 is 0. The highest BCUT2D eigenvalue weighted by molar-refractivity contribution is 14.0. The van der Waals surface area contributed by atoms with Crippen molar-refractivity contribution >= 4 is 47.2 Å². The second-order valence-electron chi connectivity index (χ2n) is 7.76. The minimum atomic E-state index is -0.0262. The number of nitrogens with one attached hydrogen (secondary N) is 3. The molecule has 1 amide bonds. The van der Waals surface area contributed by atoms with Crippen molar-refractivity contribution in [2.24, 2.45) is 4.99 Å². The Morgan fingerprint density at radius 1 is 1.06 bits per heavy atom. The Morgan fingerprint density at radius 3 is 2.47 bits per heavy atom. The van der Waals surface area contributed by atoms with Crippen molar-refractivity contribution in [1.29, 1.82) is 0 Å². The predicted molar refractivity (Wildman–Crippen MR) is 146 cm³/mol. The molecule has 0 saturated heterocycles. The van der Waals surface area contributed by atoms with Gasteiger partial charge in [0, 0.05) is 44.6 Å². The Hall–Kier alpha value is -2.33. The maximum atomic E-state index is 12.0. The third-order valence-electron chi connectivity index (χ3n) is 4.78. The number of nitrogens with zero attached hydrogens (tertiary/aromatic N) is 3. The van der Waals surface area contributed by atoms with E-state index in [4.69, 9.17) is 0 Å². The standard InChI is InChI=1S/C24H36N6O.HI/c1-6-30(22-12-7-9-19(2)15-22)14-13-26-24(25-3)27-17-20-10-8-11-21(16-20)28-23(31)18-29(4)5;/h7-12,15-16H,6,13-14,17-18H2,1-5H3,(H,28,31)(H2,25,26,27);1H. The quantitative estimate of drug-likeness (QED) is 0.240. The lowest BCUT2D eigenvalue weighted by molar-refractivity contribution is -0.116. The minimum absolute atomic E-state index is 0. The summed E-state index contributed by atoms with van der Waals surface area (Å²) in [4.78, 5) is 20.5. The first-order valence-corrected chi connectivity index (χ1v) is 10.7. The van der Waals surface area contributed by atoms with Gasteiger partial charge >= 0.3 is 0 Å². The van der Waals surface area contributed by atoms with Crippen molar-refractivity contribution in [3.05, 3.63) is 59.7 Å². The molecule has 0 aliphatic carbocycles. The molecule has 0 aliphatic rings. The van der Waals surface area contributed by atoms with E-state index < -0.39 is 0 Å². The van der Waals surface area contributed by atoms with Crippen molar-refractivity contribution in [2.45, 2.75) is 20.4 Å². The van der Waals surface area contributed by atoms with Gasteiger partial charge in [-0.15, -0.1) is 24.0 Å². The molecule has 3 N–H and O–H groups in total. The van der Waals surface area contributed by atoms with Crippen LogP contribution in [-0.4, -0.2) is 64.1 Å². The summed E-state index contributed by atoms with van der Waals surface area (Å²) in [5.74, 6) is 0.726. The Morgan fingerprint density at radius 2 is 1.81 bits per heavy atom. The number of hydrogen-bond donors (Lipinski definition) is 3. The molecule has 32 heavy (non-hydrogen) atoms. The Bertz CT molecular complexity index is 871. The van der Waals surface area contributed by atoms with Gasteiger partial charge in [-0.3, -0.25) is 9.79 Å². The highest BCUT2D eigenvalue weighted by Gasteiger charge is 2.06. The van der Waals surface area contributed by atoms with Crippen molar-refractivity contribution in [3.8, 4) is 0 Å². The van der Waals surface area contributed by atoms with Gasteiger partial charge in [0.25, 0.3) is 0 Å². The van der Waals surface area contributed by atoms with Crippen molar-refractivity contribution < 1.29 is 4.79 Å². The molecule has 0 unspecified atom stereocenters. The van der Waals surface area contributed by atoms with Crippen LogP contribution in [0, 0.1) is 6.92 Å². The van der Waals surface area contributed by atoms with Crippen LogP contribution in [0.5, 0.6) is 0 Å². The van der Waals surface area contributed by atoms with Crippen LogP contribution < -0.4 is 20.9 Å². The van der Waals surface area contributed by atoms with E-state index in [-0.39, 0.29) is 29.9 Å². The summed E-state index contributed by atoms with van der Waals surface area (Å²) in [5, 5.41) is 9.65. The summed E-state index contributed by atoms with van der Waals surface area (Å²) in [6.07, 6.45) is 0. The van der Waals surface area contributed by atoms with Gasteiger partial charge in [0.2, 0.25) is 5.91 Å². The van der Waals surface area contributed by atoms with E-state index in [2.05, 4.69) is 64.0 Å². The number of aliphatic imine (C=N–C) groups is 1. The minimum Gasteiger partial charge on any atom is -0.370 e. The summed E-state index contributed by atoms with van der Waals surface area (Å²) in [6.45, 7) is 7.87. The van der Waals surface area contributed by atoms with Crippen LogP contribution in [0.15, 0.2) is 53.5 Å². The zero-order valence-electron chi connectivity index (χ0n) is 19.8. The van der Waals surface area contributed by atoms with Crippen LogP contribution >= 0.6 is 24.0 Å². The van der Waals surface area contributed by atoms with Gasteiger partial charge in [-0.25, -0.2) is 0 Å². The lowest BCUT2D eigenvalue weighted by Crippen LogP contribution is -2.41. The molecule has 2 aromatic carbocycles. The van der Waals surface area contributed by atoms with Gasteiger partial charge in [0.05, 0.1) is 6.54 Å². The second kappa shape index (κ2) is 14.7. The molecular weight excluding hydrogens is 515 g/mol. The number of halogens is 1. The topological polar surface area (TPSA) is 72.0 Å². The molecule has 0 aromatic heterocycles. The van der Waals surface area contributed by atoms with Gasteiger partial charge in [0.15, 0.2) is 5.96 Å². The molecule has 176 valence electrons. The number of amides is 1. The maximum Gasteiger partial charge on any atom is 0.238 e. The highest BCUT2D eigenvalue weighted by atomic mass is 127. The van der Waals surface area contributed by atoms with Gasteiger partial charge in [-0.2, -0.15) is 0 Å². The number of aryl methyl sites for hydroxylation is 1. The van der Waals surface area contributed by atoms with E-state index >= 15 is 0 Å². The molecule has 0 spiro atoms. The van der Waals surface area contributed by atoms with Crippen LogP contribution in [-0.2, 0) is 11.3 Å². The first-order valence-electron chi connectivity index (χ1n) is 10.7. The first-order chi connectivity index (χ1) is 14.9. The second-order valence-corrected chi connectivity index (χ2v) is 7.76.